The van der Waals surface area contributed by atoms with Gasteiger partial charge >= 0.3 is 5.97 Å². The maximum absolute atomic E-state index is 12.1. The zero-order valence-corrected chi connectivity index (χ0v) is 22.4. The molecule has 0 amide bonds. The van der Waals surface area contributed by atoms with E-state index >= 15 is 0 Å². The van der Waals surface area contributed by atoms with Crippen molar-refractivity contribution in [3.8, 4) is 0 Å². The van der Waals surface area contributed by atoms with Crippen LogP contribution in [-0.2, 0) is 9.59 Å². The number of fused-ring (bicyclic) bond motifs is 5. The second-order valence-corrected chi connectivity index (χ2v) is 12.7. The van der Waals surface area contributed by atoms with Crippen LogP contribution in [0.4, 0.5) is 0 Å². The summed E-state index contributed by atoms with van der Waals surface area (Å²) in [5.41, 5.74) is 2.24. The van der Waals surface area contributed by atoms with Gasteiger partial charge in [-0.15, -0.1) is 0 Å². The lowest BCUT2D eigenvalue weighted by molar-refractivity contribution is -0.137. The van der Waals surface area contributed by atoms with Crippen molar-refractivity contribution >= 4 is 11.8 Å². The first-order valence-corrected chi connectivity index (χ1v) is 14.5. The number of unbranched alkanes of at least 4 members (excludes halogenated alkanes) is 7. The number of aliphatic carboxylic acids is 1. The minimum atomic E-state index is -0.686. The summed E-state index contributed by atoms with van der Waals surface area (Å²) in [4.78, 5) is 22.7. The first-order valence-electron chi connectivity index (χ1n) is 14.5. The van der Waals surface area contributed by atoms with Gasteiger partial charge in [-0.1, -0.05) is 82.9 Å². The van der Waals surface area contributed by atoms with E-state index in [1.54, 1.807) is 5.57 Å². The first-order chi connectivity index (χ1) is 16.7. The summed E-state index contributed by atoms with van der Waals surface area (Å²) in [6.45, 7) is 7.16. The molecule has 4 nitrogen and oxygen atoms in total. The summed E-state index contributed by atoms with van der Waals surface area (Å²) in [5, 5.41) is 20.7. The van der Waals surface area contributed by atoms with Crippen molar-refractivity contribution in [2.45, 2.75) is 123 Å². The van der Waals surface area contributed by atoms with Crippen molar-refractivity contribution in [3.05, 3.63) is 23.3 Å². The number of carboxylic acid groups (broad SMARTS) is 1. The Bertz CT molecular complexity index is 856. The molecule has 0 aromatic rings. The fraction of sp³-hybridized carbons (Fsp3) is 0.806. The van der Waals surface area contributed by atoms with Crippen molar-refractivity contribution in [1.82, 2.24) is 0 Å². The second kappa shape index (κ2) is 10.9. The van der Waals surface area contributed by atoms with Crippen LogP contribution in [0, 0.1) is 35.0 Å². The lowest BCUT2D eigenvalue weighted by Gasteiger charge is -2.58. The van der Waals surface area contributed by atoms with Gasteiger partial charge in [0.1, 0.15) is 0 Å². The fourth-order valence-electron chi connectivity index (χ4n) is 8.63. The molecule has 2 fully saturated rings. The molecule has 4 aliphatic rings. The van der Waals surface area contributed by atoms with Gasteiger partial charge in [0, 0.05) is 18.3 Å². The third kappa shape index (κ3) is 5.33. The molecule has 0 bridgehead atoms. The Kier molecular flexibility index (Phi) is 8.30. The highest BCUT2D eigenvalue weighted by Gasteiger charge is 2.61. The molecule has 2 saturated carbocycles. The molecule has 4 aliphatic carbocycles. The van der Waals surface area contributed by atoms with Crippen LogP contribution in [0.25, 0.3) is 0 Å². The van der Waals surface area contributed by atoms with Crippen molar-refractivity contribution in [2.75, 3.05) is 0 Å². The monoisotopic (exact) mass is 484 g/mol. The van der Waals surface area contributed by atoms with Crippen LogP contribution in [0.2, 0.25) is 0 Å². The van der Waals surface area contributed by atoms with E-state index < -0.39 is 11.6 Å². The largest absolute Gasteiger partial charge is 0.481 e. The van der Waals surface area contributed by atoms with Gasteiger partial charge in [-0.3, -0.25) is 9.59 Å². The summed E-state index contributed by atoms with van der Waals surface area (Å²) in [7, 11) is 0. The van der Waals surface area contributed by atoms with Gasteiger partial charge in [0.2, 0.25) is 0 Å². The molecule has 4 heteroatoms. The van der Waals surface area contributed by atoms with E-state index in [4.69, 9.17) is 5.11 Å². The van der Waals surface area contributed by atoms with Crippen LogP contribution in [0.15, 0.2) is 23.3 Å². The molecule has 0 heterocycles. The Labute approximate surface area is 212 Å². The number of hydrogen-bond acceptors (Lipinski definition) is 3. The van der Waals surface area contributed by atoms with E-state index in [1.807, 2.05) is 6.08 Å². The van der Waals surface area contributed by atoms with Gasteiger partial charge in [-0.05, 0) is 74.2 Å². The van der Waals surface area contributed by atoms with Crippen LogP contribution in [0.5, 0.6) is 0 Å². The molecular formula is C31H48O4. The predicted molar refractivity (Wildman–Crippen MR) is 140 cm³/mol. The zero-order chi connectivity index (χ0) is 25.2. The zero-order valence-electron chi connectivity index (χ0n) is 22.4. The molecule has 0 aromatic heterocycles. The Morgan fingerprint density at radius 3 is 2.37 bits per heavy atom. The van der Waals surface area contributed by atoms with Crippen LogP contribution >= 0.6 is 0 Å². The van der Waals surface area contributed by atoms with Crippen molar-refractivity contribution in [2.24, 2.45) is 35.0 Å². The number of ketones is 1. The normalized spacial score (nSPS) is 38.3. The molecule has 0 aromatic carbocycles. The first kappa shape index (κ1) is 26.6. The quantitative estimate of drug-likeness (QED) is 0.239. The fourth-order valence-corrected chi connectivity index (χ4v) is 8.63. The highest BCUT2D eigenvalue weighted by Crippen LogP contribution is 2.66. The Morgan fingerprint density at radius 2 is 1.69 bits per heavy atom. The molecule has 4 rings (SSSR count). The van der Waals surface area contributed by atoms with Gasteiger partial charge in [-0.2, -0.15) is 0 Å². The van der Waals surface area contributed by atoms with E-state index in [2.05, 4.69) is 26.8 Å². The Morgan fingerprint density at radius 1 is 1.03 bits per heavy atom. The average Bonchev–Trinajstić information content (AvgIpc) is 3.04. The number of carbonyl (C=O) groups is 2. The number of rotatable bonds is 11. The van der Waals surface area contributed by atoms with Crippen LogP contribution in [0.3, 0.4) is 0 Å². The van der Waals surface area contributed by atoms with Crippen LogP contribution < -0.4 is 0 Å². The average molecular weight is 485 g/mol. The minimum absolute atomic E-state index is 0.113. The van der Waals surface area contributed by atoms with Crippen molar-refractivity contribution < 1.29 is 19.8 Å². The molecule has 0 spiro atoms. The van der Waals surface area contributed by atoms with Crippen LogP contribution in [0.1, 0.15) is 117 Å². The highest BCUT2D eigenvalue weighted by molar-refractivity contribution is 5.91. The van der Waals surface area contributed by atoms with E-state index in [0.717, 1.165) is 57.8 Å². The summed E-state index contributed by atoms with van der Waals surface area (Å²) < 4.78 is 0. The number of hydrogen-bond donors (Lipinski definition) is 2. The smallest absolute Gasteiger partial charge is 0.303 e. The lowest BCUT2D eigenvalue weighted by atomic mass is 9.47. The van der Waals surface area contributed by atoms with E-state index in [0.29, 0.717) is 48.2 Å². The van der Waals surface area contributed by atoms with E-state index in [9.17, 15) is 14.7 Å². The number of allylic oxidation sites excluding steroid dienone is 2. The van der Waals surface area contributed by atoms with Crippen molar-refractivity contribution in [1.29, 1.82) is 0 Å². The molecule has 0 saturated heterocycles. The maximum Gasteiger partial charge on any atom is 0.303 e. The van der Waals surface area contributed by atoms with Crippen molar-refractivity contribution in [3.63, 3.8) is 0 Å². The molecular weight excluding hydrogens is 436 g/mol. The standard InChI is InChI=1S/C31H48O4/c1-21-18-23-19-24(32)13-14-25(23)28-22(2)20-30(3)26(29(21)28)15-17-31(30,35)16-11-9-7-5-4-6-8-10-12-27(33)34/h15,19,21-22,25,28-29,35H,4-14,16-18,20H2,1-3H3,(H,33,34)/t21-,22+,25+,28-,29+,30+,31+/m1/s1. The summed E-state index contributed by atoms with van der Waals surface area (Å²) in [6, 6.07) is 0. The third-order valence-electron chi connectivity index (χ3n) is 10.4. The van der Waals surface area contributed by atoms with E-state index in [1.165, 1.54) is 31.3 Å². The number of carboxylic acids is 1. The molecule has 2 N–H and O–H groups in total. The molecule has 0 radical (unpaired) electrons. The Hall–Kier alpha value is -1.42. The molecule has 7 atom stereocenters. The number of aliphatic hydroxyl groups is 1. The van der Waals surface area contributed by atoms with Gasteiger partial charge < -0.3 is 10.2 Å². The lowest BCUT2D eigenvalue weighted by Crippen LogP contribution is -2.54. The SMILES string of the molecule is C[C@@H]1CC2=CC(=O)CC[C@@H]2[C@@H]2[C@@H]1C1=CC[C@@](O)(CCCCCCCCCCC(=O)O)[C@@]1(C)C[C@@H]2C. The second-order valence-electron chi connectivity index (χ2n) is 12.7. The van der Waals surface area contributed by atoms with Gasteiger partial charge in [0.25, 0.3) is 0 Å². The number of carbonyl (C=O) groups excluding carboxylic acids is 1. The topological polar surface area (TPSA) is 74.6 Å². The third-order valence-corrected chi connectivity index (χ3v) is 10.4. The summed E-state index contributed by atoms with van der Waals surface area (Å²) in [6.07, 6.45) is 19.1. The Balaban J connectivity index is 1.30. The predicted octanol–water partition coefficient (Wildman–Crippen LogP) is 7.26. The van der Waals surface area contributed by atoms with Gasteiger partial charge in [0.15, 0.2) is 5.78 Å². The van der Waals surface area contributed by atoms with Gasteiger partial charge in [0.05, 0.1) is 5.60 Å². The molecule has 0 aliphatic heterocycles. The van der Waals surface area contributed by atoms with E-state index in [-0.39, 0.29) is 5.41 Å². The maximum atomic E-state index is 12.1. The summed E-state index contributed by atoms with van der Waals surface area (Å²) in [5.74, 6) is 2.48. The molecule has 0 unspecified atom stereocenters. The van der Waals surface area contributed by atoms with Crippen LogP contribution in [-0.4, -0.2) is 27.6 Å². The molecule has 196 valence electrons. The molecule has 35 heavy (non-hydrogen) atoms. The van der Waals surface area contributed by atoms with Gasteiger partial charge in [-0.25, -0.2) is 0 Å². The highest BCUT2D eigenvalue weighted by atomic mass is 16.4. The summed E-state index contributed by atoms with van der Waals surface area (Å²) >= 11 is 0. The minimum Gasteiger partial charge on any atom is -0.481 e.